The fraction of sp³-hybridized carbons (Fsp3) is 0.391. The van der Waals surface area contributed by atoms with E-state index in [0.717, 1.165) is 53.5 Å². The number of aromatic nitrogens is 2. The number of fused-ring (bicyclic) bond motifs is 3. The van der Waals surface area contributed by atoms with Crippen molar-refractivity contribution in [1.29, 1.82) is 15.8 Å². The predicted octanol–water partition coefficient (Wildman–Crippen LogP) is 1.38. The number of pyridine rings is 1. The van der Waals surface area contributed by atoms with Gasteiger partial charge in [-0.3, -0.25) is 0 Å². The third-order valence-electron chi connectivity index (χ3n) is 4.91. The van der Waals surface area contributed by atoms with Gasteiger partial charge in [-0.1, -0.05) is 0 Å². The lowest BCUT2D eigenvalue weighted by Gasteiger charge is -2.07. The van der Waals surface area contributed by atoms with E-state index in [-0.39, 0.29) is 17.0 Å². The van der Waals surface area contributed by atoms with Crippen LogP contribution in [-0.2, 0) is 13.1 Å². The molecule has 1 aromatic carbocycles. The Kier molecular flexibility index (Phi) is 9.13. The van der Waals surface area contributed by atoms with Gasteiger partial charge >= 0.3 is 0 Å². The summed E-state index contributed by atoms with van der Waals surface area (Å²) in [5.74, 6) is 0.803. The fourth-order valence-electron chi connectivity index (χ4n) is 3.53. The molecule has 0 aliphatic heterocycles. The maximum absolute atomic E-state index is 8.92. The summed E-state index contributed by atoms with van der Waals surface area (Å²) >= 11 is 0. The molecule has 0 amide bonds. The van der Waals surface area contributed by atoms with Gasteiger partial charge in [0, 0.05) is 54.6 Å². The molecule has 2 aromatic heterocycles. The Labute approximate surface area is 187 Å². The number of hydrogen-bond acceptors (Lipinski definition) is 4. The van der Waals surface area contributed by atoms with Crippen LogP contribution < -0.4 is 26.3 Å². The first kappa shape index (κ1) is 23.2. The Morgan fingerprint density at radius 2 is 1.60 bits per heavy atom. The lowest BCUT2D eigenvalue weighted by molar-refractivity contribution is -0.696. The van der Waals surface area contributed by atoms with E-state index in [9.17, 15) is 0 Å². The first-order valence-electron chi connectivity index (χ1n) is 9.97. The molecular formula is C23H24BrN5O. The number of unbranched alkanes of at least 4 members (excludes halogenated alkanes) is 3. The van der Waals surface area contributed by atoms with E-state index in [4.69, 9.17) is 20.5 Å². The Morgan fingerprint density at radius 1 is 0.867 bits per heavy atom. The van der Waals surface area contributed by atoms with E-state index in [2.05, 4.69) is 57.9 Å². The number of benzene rings is 1. The number of nitriles is 3. The van der Waals surface area contributed by atoms with Gasteiger partial charge in [-0.05, 0) is 31.0 Å². The molecule has 0 bridgehead atoms. The lowest BCUT2D eigenvalue weighted by Crippen LogP contribution is -3.00. The van der Waals surface area contributed by atoms with Crippen LogP contribution in [0.15, 0.2) is 36.7 Å². The van der Waals surface area contributed by atoms with Crippen molar-refractivity contribution in [1.82, 2.24) is 4.57 Å². The summed E-state index contributed by atoms with van der Waals surface area (Å²) in [6.07, 6.45) is 8.08. The highest BCUT2D eigenvalue weighted by molar-refractivity contribution is 6.08. The molecule has 7 heteroatoms. The van der Waals surface area contributed by atoms with Crippen molar-refractivity contribution in [2.45, 2.75) is 51.6 Å². The average Bonchev–Trinajstić information content (AvgIpc) is 3.04. The van der Waals surface area contributed by atoms with E-state index in [1.165, 1.54) is 0 Å². The molecule has 0 N–H and O–H groups in total. The third kappa shape index (κ3) is 5.50. The quantitative estimate of drug-likeness (QED) is 0.334. The van der Waals surface area contributed by atoms with Crippen molar-refractivity contribution in [2.24, 2.45) is 0 Å². The van der Waals surface area contributed by atoms with Crippen LogP contribution in [0.4, 0.5) is 0 Å². The van der Waals surface area contributed by atoms with Gasteiger partial charge in [0.1, 0.15) is 17.8 Å². The number of ether oxygens (including phenoxy) is 1. The normalized spacial score (nSPS) is 10.2. The van der Waals surface area contributed by atoms with Gasteiger partial charge < -0.3 is 26.3 Å². The van der Waals surface area contributed by atoms with E-state index in [1.54, 1.807) is 0 Å². The zero-order valence-corrected chi connectivity index (χ0v) is 18.4. The summed E-state index contributed by atoms with van der Waals surface area (Å²) < 4.78 is 10.2. The zero-order valence-electron chi connectivity index (χ0n) is 16.9. The zero-order chi connectivity index (χ0) is 20.5. The first-order chi connectivity index (χ1) is 14.3. The monoisotopic (exact) mass is 465 g/mol. The molecule has 0 aliphatic rings. The molecule has 2 heterocycles. The number of hydrogen-bond donors (Lipinski definition) is 0. The second-order valence-corrected chi connectivity index (χ2v) is 6.95. The largest absolute Gasteiger partial charge is 1.00 e. The molecule has 0 radical (unpaired) electrons. The van der Waals surface area contributed by atoms with Crippen LogP contribution in [0.1, 0.15) is 38.5 Å². The van der Waals surface area contributed by atoms with Gasteiger partial charge in [0.15, 0.2) is 12.4 Å². The Morgan fingerprint density at radius 3 is 2.37 bits per heavy atom. The number of aryl methyl sites for hydroxylation is 2. The molecule has 0 atom stereocenters. The summed E-state index contributed by atoms with van der Waals surface area (Å²) in [4.78, 5) is 0. The SMILES string of the molecule is N#CCCCOc1ccc2c(c1)c1cc[n+](CCCC#N)cc1n2CCCC#N.[Br-]. The molecule has 0 unspecified atom stereocenters. The summed E-state index contributed by atoms with van der Waals surface area (Å²) in [6, 6.07) is 14.8. The Bertz CT molecular complexity index is 1120. The van der Waals surface area contributed by atoms with Gasteiger partial charge in [-0.2, -0.15) is 15.8 Å². The molecule has 3 aromatic rings. The van der Waals surface area contributed by atoms with Crippen LogP contribution >= 0.6 is 0 Å². The molecule has 0 aliphatic carbocycles. The molecule has 6 nitrogen and oxygen atoms in total. The number of halogens is 1. The highest BCUT2D eigenvalue weighted by Gasteiger charge is 2.15. The van der Waals surface area contributed by atoms with Crippen molar-refractivity contribution >= 4 is 21.8 Å². The van der Waals surface area contributed by atoms with Gasteiger partial charge in [-0.15, -0.1) is 0 Å². The maximum atomic E-state index is 8.92. The van der Waals surface area contributed by atoms with Crippen LogP contribution in [0.2, 0.25) is 0 Å². The van der Waals surface area contributed by atoms with E-state index in [1.807, 2.05) is 6.07 Å². The van der Waals surface area contributed by atoms with Crippen molar-refractivity contribution < 1.29 is 26.3 Å². The van der Waals surface area contributed by atoms with Gasteiger partial charge in [0.05, 0.1) is 24.8 Å². The summed E-state index contributed by atoms with van der Waals surface area (Å²) in [5, 5.41) is 28.6. The standard InChI is InChI=1S/C23H24N5O.BrH/c24-10-1-4-13-27-15-9-20-21-17-19(29-16-6-3-12-26)7-8-22(21)28(23(20)18-27)14-5-2-11-25;/h7-9,15,17-18H,1-6,13-14,16H2;1H/q+1;/p-1. The number of rotatable bonds is 10. The molecule has 154 valence electrons. The van der Waals surface area contributed by atoms with E-state index >= 15 is 0 Å². The third-order valence-corrected chi connectivity index (χ3v) is 4.91. The van der Waals surface area contributed by atoms with Crippen LogP contribution in [0, 0.1) is 34.0 Å². The van der Waals surface area contributed by atoms with Crippen molar-refractivity contribution in [3.8, 4) is 24.0 Å². The average molecular weight is 466 g/mol. The van der Waals surface area contributed by atoms with Gasteiger partial charge in [0.2, 0.25) is 0 Å². The van der Waals surface area contributed by atoms with Crippen LogP contribution in [-0.4, -0.2) is 11.2 Å². The van der Waals surface area contributed by atoms with Gasteiger partial charge in [-0.25, -0.2) is 4.57 Å². The van der Waals surface area contributed by atoms with Crippen molar-refractivity contribution in [3.05, 3.63) is 36.7 Å². The Hall–Kier alpha value is -3.08. The minimum absolute atomic E-state index is 0. The first-order valence-corrected chi connectivity index (χ1v) is 9.97. The van der Waals surface area contributed by atoms with Crippen molar-refractivity contribution in [2.75, 3.05) is 6.61 Å². The maximum Gasteiger partial charge on any atom is 0.193 e. The molecule has 30 heavy (non-hydrogen) atoms. The fourth-order valence-corrected chi connectivity index (χ4v) is 3.53. The van der Waals surface area contributed by atoms with Crippen LogP contribution in [0.25, 0.3) is 21.8 Å². The number of nitrogens with zero attached hydrogens (tertiary/aromatic N) is 5. The molecule has 0 saturated carbocycles. The Balaban J connectivity index is 0.00000320. The molecular weight excluding hydrogens is 442 g/mol. The van der Waals surface area contributed by atoms with E-state index in [0.29, 0.717) is 32.3 Å². The second-order valence-electron chi connectivity index (χ2n) is 6.95. The minimum atomic E-state index is 0. The predicted molar refractivity (Wildman–Crippen MR) is 110 cm³/mol. The smallest absolute Gasteiger partial charge is 0.193 e. The molecule has 3 rings (SSSR count). The molecule has 0 fully saturated rings. The van der Waals surface area contributed by atoms with E-state index < -0.39 is 0 Å². The van der Waals surface area contributed by atoms with Gasteiger partial charge in [0.25, 0.3) is 0 Å². The molecule has 0 spiro atoms. The highest BCUT2D eigenvalue weighted by atomic mass is 79.9. The topological polar surface area (TPSA) is 89.4 Å². The minimum Gasteiger partial charge on any atom is -1.00 e. The van der Waals surface area contributed by atoms with Crippen LogP contribution in [0.5, 0.6) is 5.75 Å². The summed E-state index contributed by atoms with van der Waals surface area (Å²) in [5.41, 5.74) is 2.25. The van der Waals surface area contributed by atoms with Crippen LogP contribution in [0.3, 0.4) is 0 Å². The summed E-state index contributed by atoms with van der Waals surface area (Å²) in [7, 11) is 0. The molecule has 0 saturated heterocycles. The highest BCUT2D eigenvalue weighted by Crippen LogP contribution is 2.31. The summed E-state index contributed by atoms with van der Waals surface area (Å²) in [6.45, 7) is 2.10. The lowest BCUT2D eigenvalue weighted by atomic mass is 10.2. The second kappa shape index (κ2) is 11.8. The van der Waals surface area contributed by atoms with Crippen molar-refractivity contribution in [3.63, 3.8) is 0 Å².